The number of hydrogen-bond donors (Lipinski definition) is 1. The molecule has 0 aliphatic carbocycles. The molecule has 0 aromatic heterocycles. The van der Waals surface area contributed by atoms with Crippen molar-refractivity contribution in [2.24, 2.45) is 4.40 Å². The second-order valence-electron chi connectivity index (χ2n) is 7.85. The van der Waals surface area contributed by atoms with Crippen LogP contribution in [-0.4, -0.2) is 50.7 Å². The molecule has 1 amide bonds. The summed E-state index contributed by atoms with van der Waals surface area (Å²) in [6, 6.07) is 15.3. The van der Waals surface area contributed by atoms with Gasteiger partial charge in [-0.15, -0.1) is 4.40 Å². The summed E-state index contributed by atoms with van der Waals surface area (Å²) >= 11 is 0. The van der Waals surface area contributed by atoms with Crippen LogP contribution in [0.4, 0.5) is 11.4 Å². The van der Waals surface area contributed by atoms with Crippen molar-refractivity contribution in [1.29, 1.82) is 0 Å². The van der Waals surface area contributed by atoms with Crippen LogP contribution in [0.3, 0.4) is 0 Å². The Labute approximate surface area is 177 Å². The lowest BCUT2D eigenvalue weighted by atomic mass is 10.1. The van der Waals surface area contributed by atoms with Crippen LogP contribution >= 0.6 is 0 Å². The van der Waals surface area contributed by atoms with Crippen LogP contribution in [0, 0.1) is 6.92 Å². The number of amides is 1. The summed E-state index contributed by atoms with van der Waals surface area (Å²) in [5, 5.41) is 3.04. The number of sulfonamides is 1. The minimum atomic E-state index is -3.72. The molecule has 1 atom stereocenters. The zero-order valence-electron chi connectivity index (χ0n) is 17.2. The van der Waals surface area contributed by atoms with Gasteiger partial charge in [-0.05, 0) is 38.1 Å². The summed E-state index contributed by atoms with van der Waals surface area (Å²) in [6.07, 6.45) is 0.486. The Morgan fingerprint density at radius 1 is 1.13 bits per heavy atom. The van der Waals surface area contributed by atoms with Gasteiger partial charge in [0.25, 0.3) is 10.0 Å². The Hall–Kier alpha value is -2.87. The van der Waals surface area contributed by atoms with E-state index in [1.54, 1.807) is 18.2 Å². The highest BCUT2D eigenvalue weighted by atomic mass is 32.2. The van der Waals surface area contributed by atoms with Crippen molar-refractivity contribution < 1.29 is 13.2 Å². The van der Waals surface area contributed by atoms with E-state index < -0.39 is 10.0 Å². The van der Waals surface area contributed by atoms with Crippen molar-refractivity contribution in [2.45, 2.75) is 37.6 Å². The Kier molecular flexibility index (Phi) is 5.51. The SMILES string of the molecule is Cc1ccc(N2CCN(C(=O)CCC3=NS(=O)(=O)c4ccccc4N3)CC2C)cc1. The molecule has 30 heavy (non-hydrogen) atoms. The Balaban J connectivity index is 1.35. The lowest BCUT2D eigenvalue weighted by molar-refractivity contribution is -0.131. The summed E-state index contributed by atoms with van der Waals surface area (Å²) in [5.41, 5.74) is 2.91. The number of carbonyl (C=O) groups excluding carboxylic acids is 1. The van der Waals surface area contributed by atoms with Gasteiger partial charge in [-0.25, -0.2) is 0 Å². The highest BCUT2D eigenvalue weighted by Crippen LogP contribution is 2.27. The first kappa shape index (κ1) is 20.4. The van der Waals surface area contributed by atoms with Crippen LogP contribution in [0.1, 0.15) is 25.3 Å². The summed E-state index contributed by atoms with van der Waals surface area (Å²) in [6.45, 7) is 6.26. The molecular formula is C22H26N4O3S. The van der Waals surface area contributed by atoms with Gasteiger partial charge < -0.3 is 15.1 Å². The standard InChI is InChI=1S/C22H26N4O3S/c1-16-7-9-18(10-8-16)26-14-13-25(15-17(26)2)22(27)12-11-21-23-19-5-3-4-6-20(19)30(28,29)24-21/h3-10,17H,11-15H2,1-2H3,(H,23,24). The lowest BCUT2D eigenvalue weighted by Gasteiger charge is -2.41. The van der Waals surface area contributed by atoms with E-state index >= 15 is 0 Å². The fraction of sp³-hybridized carbons (Fsp3) is 0.364. The summed E-state index contributed by atoms with van der Waals surface area (Å²) in [7, 11) is -3.72. The molecule has 158 valence electrons. The lowest BCUT2D eigenvalue weighted by Crippen LogP contribution is -2.53. The molecule has 2 aromatic rings. The van der Waals surface area contributed by atoms with E-state index in [2.05, 4.69) is 52.7 Å². The van der Waals surface area contributed by atoms with Crippen LogP contribution in [0.5, 0.6) is 0 Å². The predicted octanol–water partition coefficient (Wildman–Crippen LogP) is 3.03. The van der Waals surface area contributed by atoms with Gasteiger partial charge in [-0.2, -0.15) is 8.42 Å². The summed E-state index contributed by atoms with van der Waals surface area (Å²) in [4.78, 5) is 17.1. The van der Waals surface area contributed by atoms with Crippen LogP contribution in [-0.2, 0) is 14.8 Å². The van der Waals surface area contributed by atoms with Crippen molar-refractivity contribution in [3.63, 3.8) is 0 Å². The molecule has 2 aliphatic rings. The molecule has 4 rings (SSSR count). The van der Waals surface area contributed by atoms with Crippen LogP contribution in [0.2, 0.25) is 0 Å². The van der Waals surface area contributed by atoms with Crippen LogP contribution in [0.15, 0.2) is 57.8 Å². The van der Waals surface area contributed by atoms with E-state index in [0.29, 0.717) is 24.6 Å². The average Bonchev–Trinajstić information content (AvgIpc) is 2.72. The third kappa shape index (κ3) is 4.18. The number of aryl methyl sites for hydroxylation is 1. The minimum Gasteiger partial charge on any atom is -0.365 e. The number of carbonyl (C=O) groups is 1. The van der Waals surface area contributed by atoms with E-state index in [0.717, 1.165) is 6.54 Å². The van der Waals surface area contributed by atoms with Crippen molar-refractivity contribution in [3.8, 4) is 0 Å². The molecule has 2 aromatic carbocycles. The average molecular weight is 427 g/mol. The number of para-hydroxylation sites is 1. The zero-order chi connectivity index (χ0) is 21.3. The summed E-state index contributed by atoms with van der Waals surface area (Å²) in [5.74, 6) is 0.333. The predicted molar refractivity (Wildman–Crippen MR) is 118 cm³/mol. The van der Waals surface area contributed by atoms with Gasteiger partial charge in [0, 0.05) is 44.2 Å². The monoisotopic (exact) mass is 426 g/mol. The molecule has 1 fully saturated rings. The number of piperazine rings is 1. The number of anilines is 2. The number of nitrogens with zero attached hydrogens (tertiary/aromatic N) is 3. The van der Waals surface area contributed by atoms with Gasteiger partial charge in [-0.1, -0.05) is 29.8 Å². The molecule has 1 saturated heterocycles. The first-order valence-corrected chi connectivity index (χ1v) is 11.6. The number of fused-ring (bicyclic) bond motifs is 1. The van der Waals surface area contributed by atoms with Gasteiger partial charge in [0.15, 0.2) is 0 Å². The number of hydrogen-bond acceptors (Lipinski definition) is 5. The van der Waals surface area contributed by atoms with E-state index in [1.165, 1.54) is 17.3 Å². The molecule has 7 nitrogen and oxygen atoms in total. The van der Waals surface area contributed by atoms with Crippen LogP contribution < -0.4 is 10.2 Å². The number of rotatable bonds is 4. The van der Waals surface area contributed by atoms with E-state index in [4.69, 9.17) is 0 Å². The molecule has 1 N–H and O–H groups in total. The van der Waals surface area contributed by atoms with Crippen molar-refractivity contribution in [1.82, 2.24) is 4.90 Å². The molecule has 0 radical (unpaired) electrons. The maximum absolute atomic E-state index is 12.8. The molecule has 2 aliphatic heterocycles. The minimum absolute atomic E-state index is 0.0196. The fourth-order valence-electron chi connectivity index (χ4n) is 3.96. The van der Waals surface area contributed by atoms with Crippen molar-refractivity contribution in [3.05, 3.63) is 54.1 Å². The number of amidine groups is 1. The highest BCUT2D eigenvalue weighted by molar-refractivity contribution is 7.90. The number of nitrogens with one attached hydrogen (secondary N) is 1. The fourth-order valence-corrected chi connectivity index (χ4v) is 5.14. The molecule has 8 heteroatoms. The topological polar surface area (TPSA) is 82.1 Å². The smallest absolute Gasteiger partial charge is 0.286 e. The Morgan fingerprint density at radius 2 is 1.87 bits per heavy atom. The van der Waals surface area contributed by atoms with E-state index in [-0.39, 0.29) is 29.7 Å². The number of benzene rings is 2. The van der Waals surface area contributed by atoms with Gasteiger partial charge in [0.05, 0.1) is 5.69 Å². The molecule has 0 spiro atoms. The summed E-state index contributed by atoms with van der Waals surface area (Å²) < 4.78 is 28.5. The molecule has 1 unspecified atom stereocenters. The molecule has 0 saturated carbocycles. The first-order chi connectivity index (χ1) is 14.3. The third-order valence-electron chi connectivity index (χ3n) is 5.60. The second-order valence-corrected chi connectivity index (χ2v) is 9.42. The van der Waals surface area contributed by atoms with Crippen LogP contribution in [0.25, 0.3) is 0 Å². The maximum atomic E-state index is 12.8. The quantitative estimate of drug-likeness (QED) is 0.813. The Morgan fingerprint density at radius 3 is 2.60 bits per heavy atom. The molecule has 2 heterocycles. The Bertz CT molecular complexity index is 1080. The largest absolute Gasteiger partial charge is 0.365 e. The van der Waals surface area contributed by atoms with Gasteiger partial charge in [-0.3, -0.25) is 4.79 Å². The second kappa shape index (κ2) is 8.10. The van der Waals surface area contributed by atoms with Gasteiger partial charge in [0.1, 0.15) is 10.7 Å². The molecule has 0 bridgehead atoms. The van der Waals surface area contributed by atoms with E-state index in [9.17, 15) is 13.2 Å². The normalized spacial score (nSPS) is 20.2. The third-order valence-corrected chi connectivity index (χ3v) is 6.97. The molecular weight excluding hydrogens is 400 g/mol. The maximum Gasteiger partial charge on any atom is 0.286 e. The van der Waals surface area contributed by atoms with Gasteiger partial charge in [0.2, 0.25) is 5.91 Å². The van der Waals surface area contributed by atoms with Gasteiger partial charge >= 0.3 is 0 Å². The van der Waals surface area contributed by atoms with Crippen molar-refractivity contribution in [2.75, 3.05) is 29.9 Å². The van der Waals surface area contributed by atoms with Crippen molar-refractivity contribution >= 4 is 33.1 Å². The first-order valence-electron chi connectivity index (χ1n) is 10.1. The highest BCUT2D eigenvalue weighted by Gasteiger charge is 2.28. The zero-order valence-corrected chi connectivity index (χ0v) is 18.0. The van der Waals surface area contributed by atoms with E-state index in [1.807, 2.05) is 4.90 Å².